The molecule has 1 atom stereocenters. The van der Waals surface area contributed by atoms with Crippen molar-refractivity contribution in [3.63, 3.8) is 0 Å². The molecule has 0 aliphatic carbocycles. The van der Waals surface area contributed by atoms with Gasteiger partial charge in [0.15, 0.2) is 0 Å². The number of hydrogen-bond acceptors (Lipinski definition) is 5. The molecule has 0 saturated heterocycles. The number of nitrogens with one attached hydrogen (secondary N) is 2. The molecule has 0 fully saturated rings. The minimum atomic E-state index is -0.564. The number of carbonyl (C=O) groups excluding carboxylic acids is 2. The lowest BCUT2D eigenvalue weighted by atomic mass is 10.1. The van der Waals surface area contributed by atoms with Crippen molar-refractivity contribution >= 4 is 23.3 Å². The van der Waals surface area contributed by atoms with Crippen molar-refractivity contribution in [2.45, 2.75) is 39.7 Å². The summed E-state index contributed by atoms with van der Waals surface area (Å²) in [5.74, 6) is -0.680. The smallest absolute Gasteiger partial charge is 0.338 e. The van der Waals surface area contributed by atoms with Crippen LogP contribution in [0.3, 0.4) is 0 Å². The third-order valence-corrected chi connectivity index (χ3v) is 3.09. The normalized spacial score (nSPS) is 11.6. The predicted molar refractivity (Wildman–Crippen MR) is 88.1 cm³/mol. The summed E-state index contributed by atoms with van der Waals surface area (Å²) in [6.45, 7) is 6.67. The first-order valence-electron chi connectivity index (χ1n) is 7.64. The van der Waals surface area contributed by atoms with Gasteiger partial charge in [-0.25, -0.2) is 4.79 Å². The lowest BCUT2D eigenvalue weighted by Gasteiger charge is -2.16. The molecule has 6 nitrogen and oxygen atoms in total. The Morgan fingerprint density at radius 2 is 1.95 bits per heavy atom. The molecule has 0 spiro atoms. The van der Waals surface area contributed by atoms with Crippen LogP contribution in [0, 0.1) is 0 Å². The van der Waals surface area contributed by atoms with E-state index in [0.717, 1.165) is 12.1 Å². The van der Waals surface area contributed by atoms with E-state index in [1.807, 2.05) is 13.8 Å². The number of anilines is 2. The summed E-state index contributed by atoms with van der Waals surface area (Å²) >= 11 is 0. The summed E-state index contributed by atoms with van der Waals surface area (Å²) in [5.41, 5.74) is 7.49. The van der Waals surface area contributed by atoms with Crippen LogP contribution in [0.1, 0.15) is 44.0 Å². The van der Waals surface area contributed by atoms with Crippen molar-refractivity contribution in [1.29, 1.82) is 0 Å². The van der Waals surface area contributed by atoms with Crippen LogP contribution in [0.2, 0.25) is 0 Å². The average molecular weight is 307 g/mol. The Labute approximate surface area is 131 Å². The van der Waals surface area contributed by atoms with Crippen LogP contribution in [0.15, 0.2) is 18.2 Å². The van der Waals surface area contributed by atoms with Gasteiger partial charge >= 0.3 is 5.97 Å². The highest BCUT2D eigenvalue weighted by molar-refractivity contribution is 6.00. The highest BCUT2D eigenvalue weighted by Gasteiger charge is 2.16. The Hall–Kier alpha value is -2.08. The minimum absolute atomic E-state index is 0.262. The lowest BCUT2D eigenvalue weighted by molar-refractivity contribution is -0.117. The van der Waals surface area contributed by atoms with E-state index in [1.54, 1.807) is 25.1 Å². The van der Waals surface area contributed by atoms with Gasteiger partial charge in [-0.3, -0.25) is 4.79 Å². The van der Waals surface area contributed by atoms with Gasteiger partial charge in [0.1, 0.15) is 0 Å². The van der Waals surface area contributed by atoms with E-state index in [1.165, 1.54) is 0 Å². The van der Waals surface area contributed by atoms with Crippen LogP contribution >= 0.6 is 0 Å². The van der Waals surface area contributed by atoms with Gasteiger partial charge in [0.25, 0.3) is 0 Å². The van der Waals surface area contributed by atoms with Gasteiger partial charge in [0.2, 0.25) is 5.91 Å². The first-order valence-corrected chi connectivity index (χ1v) is 7.64. The van der Waals surface area contributed by atoms with Crippen LogP contribution in [0.4, 0.5) is 11.4 Å². The quantitative estimate of drug-likeness (QED) is 0.641. The second kappa shape index (κ2) is 9.04. The van der Waals surface area contributed by atoms with Crippen molar-refractivity contribution in [1.82, 2.24) is 0 Å². The van der Waals surface area contributed by atoms with Crippen LogP contribution in [0.5, 0.6) is 0 Å². The predicted octanol–water partition coefficient (Wildman–Crippen LogP) is 2.36. The molecule has 1 aromatic rings. The minimum Gasteiger partial charge on any atom is -0.462 e. The third-order valence-electron chi connectivity index (χ3n) is 3.09. The Balaban J connectivity index is 2.99. The molecule has 122 valence electrons. The van der Waals surface area contributed by atoms with Crippen LogP contribution < -0.4 is 16.4 Å². The summed E-state index contributed by atoms with van der Waals surface area (Å²) in [7, 11) is 0. The first kappa shape index (κ1) is 18.0. The zero-order valence-corrected chi connectivity index (χ0v) is 13.4. The van der Waals surface area contributed by atoms with E-state index in [4.69, 9.17) is 10.5 Å². The molecular weight excluding hydrogens is 282 g/mol. The van der Waals surface area contributed by atoms with E-state index in [0.29, 0.717) is 30.8 Å². The molecule has 0 aliphatic heterocycles. The molecular formula is C16H25N3O3. The number of carbonyl (C=O) groups is 2. The highest BCUT2D eigenvalue weighted by atomic mass is 16.5. The van der Waals surface area contributed by atoms with E-state index < -0.39 is 12.0 Å². The van der Waals surface area contributed by atoms with Crippen molar-refractivity contribution in [3.05, 3.63) is 23.8 Å². The number of ether oxygens (including phenoxy) is 1. The van der Waals surface area contributed by atoms with Gasteiger partial charge in [-0.2, -0.15) is 0 Å². The van der Waals surface area contributed by atoms with Crippen LogP contribution in [0.25, 0.3) is 0 Å². The largest absolute Gasteiger partial charge is 0.462 e. The Bertz CT molecular complexity index is 517. The average Bonchev–Trinajstić information content (AvgIpc) is 2.49. The molecule has 0 radical (unpaired) electrons. The van der Waals surface area contributed by atoms with Gasteiger partial charge in [0, 0.05) is 6.54 Å². The van der Waals surface area contributed by atoms with Crippen molar-refractivity contribution in [2.75, 3.05) is 23.8 Å². The topological polar surface area (TPSA) is 93.5 Å². The number of nitrogens with two attached hydrogens (primary N) is 1. The van der Waals surface area contributed by atoms with E-state index >= 15 is 0 Å². The summed E-state index contributed by atoms with van der Waals surface area (Å²) in [6.07, 6.45) is 1.44. The third kappa shape index (κ3) is 5.04. The highest BCUT2D eigenvalue weighted by Crippen LogP contribution is 2.24. The summed E-state index contributed by atoms with van der Waals surface area (Å²) in [4.78, 5) is 23.9. The Morgan fingerprint density at radius 3 is 2.55 bits per heavy atom. The standard InChI is InChI=1S/C16H25N3O3/c1-4-7-12(17)15(20)19-14-10-11(16(21)22-6-3)8-9-13(14)18-5-2/h8-10,12,18H,4-7,17H2,1-3H3,(H,19,20). The van der Waals surface area contributed by atoms with Gasteiger partial charge in [-0.05, 0) is 38.5 Å². The second-order valence-corrected chi connectivity index (χ2v) is 4.90. The molecule has 1 unspecified atom stereocenters. The molecule has 22 heavy (non-hydrogen) atoms. The molecule has 0 saturated carbocycles. The first-order chi connectivity index (χ1) is 10.5. The summed E-state index contributed by atoms with van der Waals surface area (Å²) < 4.78 is 4.98. The summed E-state index contributed by atoms with van der Waals surface area (Å²) in [6, 6.07) is 4.45. The SMILES string of the molecule is CCCC(N)C(=O)Nc1cc(C(=O)OCC)ccc1NCC. The van der Waals surface area contributed by atoms with E-state index in [2.05, 4.69) is 10.6 Å². The van der Waals surface area contributed by atoms with Crippen molar-refractivity contribution < 1.29 is 14.3 Å². The maximum absolute atomic E-state index is 12.1. The maximum Gasteiger partial charge on any atom is 0.338 e. The maximum atomic E-state index is 12.1. The fourth-order valence-corrected chi connectivity index (χ4v) is 2.00. The lowest BCUT2D eigenvalue weighted by Crippen LogP contribution is -2.35. The van der Waals surface area contributed by atoms with Crippen LogP contribution in [-0.2, 0) is 9.53 Å². The van der Waals surface area contributed by atoms with Gasteiger partial charge < -0.3 is 21.1 Å². The monoisotopic (exact) mass is 307 g/mol. The number of benzene rings is 1. The zero-order chi connectivity index (χ0) is 16.5. The van der Waals surface area contributed by atoms with E-state index in [-0.39, 0.29) is 5.91 Å². The molecule has 0 bridgehead atoms. The molecule has 0 aromatic heterocycles. The molecule has 1 amide bonds. The van der Waals surface area contributed by atoms with Crippen molar-refractivity contribution in [3.8, 4) is 0 Å². The Morgan fingerprint density at radius 1 is 1.23 bits per heavy atom. The molecule has 1 rings (SSSR count). The molecule has 1 aromatic carbocycles. The zero-order valence-electron chi connectivity index (χ0n) is 13.4. The van der Waals surface area contributed by atoms with Gasteiger partial charge in [-0.1, -0.05) is 13.3 Å². The second-order valence-electron chi connectivity index (χ2n) is 4.90. The molecule has 0 aliphatic rings. The molecule has 4 N–H and O–H groups in total. The Kier molecular flexibility index (Phi) is 7.39. The van der Waals surface area contributed by atoms with Gasteiger partial charge in [0.05, 0.1) is 29.6 Å². The fourth-order valence-electron chi connectivity index (χ4n) is 2.00. The number of rotatable bonds is 8. The van der Waals surface area contributed by atoms with Gasteiger partial charge in [-0.15, -0.1) is 0 Å². The molecule has 0 heterocycles. The number of esters is 1. The molecule has 6 heteroatoms. The van der Waals surface area contributed by atoms with Crippen molar-refractivity contribution in [2.24, 2.45) is 5.73 Å². The summed E-state index contributed by atoms with van der Waals surface area (Å²) in [5, 5.41) is 5.93. The fraction of sp³-hybridized carbons (Fsp3) is 0.500. The van der Waals surface area contributed by atoms with E-state index in [9.17, 15) is 9.59 Å². The number of amides is 1. The number of hydrogen-bond donors (Lipinski definition) is 3. The van der Waals surface area contributed by atoms with Crippen LogP contribution in [-0.4, -0.2) is 31.1 Å².